The summed E-state index contributed by atoms with van der Waals surface area (Å²) < 4.78 is 0. The van der Waals surface area contributed by atoms with E-state index in [2.05, 4.69) is 27.7 Å². The average Bonchev–Trinajstić information content (AvgIpc) is 3.82. The number of nitrogens with two attached hydrogens (primary N) is 2. The molecule has 2 heterocycles. The van der Waals surface area contributed by atoms with E-state index in [9.17, 15) is 19.2 Å². The molecule has 0 spiro atoms. The Bertz CT molecular complexity index is 1620. The molecule has 3 aromatic rings. The Morgan fingerprint density at radius 2 is 1.02 bits per heavy atom. The predicted molar refractivity (Wildman–Crippen MR) is 211 cm³/mol. The molecule has 4 amide bonds. The number of carbonyl (C=O) groups is 4. The molecule has 284 valence electrons. The number of hydrogen-bond acceptors (Lipinski definition) is 7. The molecule has 0 aromatic heterocycles. The number of carbonyl (C=O) groups excluding carboxylic acids is 4. The van der Waals surface area contributed by atoms with Crippen LogP contribution in [-0.2, 0) is 32.3 Å². The van der Waals surface area contributed by atoms with E-state index in [0.29, 0.717) is 50.4 Å². The van der Waals surface area contributed by atoms with Crippen LogP contribution >= 0.6 is 0 Å². The van der Waals surface area contributed by atoms with Crippen LogP contribution in [-0.4, -0.2) is 70.7 Å². The maximum Gasteiger partial charge on any atom is 0.247 e. The van der Waals surface area contributed by atoms with Gasteiger partial charge in [-0.1, -0.05) is 84.0 Å². The van der Waals surface area contributed by atoms with Gasteiger partial charge in [-0.15, -0.1) is 0 Å². The summed E-state index contributed by atoms with van der Waals surface area (Å²) in [6, 6.07) is 23.3. The maximum atomic E-state index is 13.3. The Labute approximate surface area is 314 Å². The van der Waals surface area contributed by atoms with Crippen molar-refractivity contribution in [2.75, 3.05) is 28.6 Å². The molecular formula is C42H57N7O4. The molecule has 11 nitrogen and oxygen atoms in total. The molecule has 4 atom stereocenters. The Morgan fingerprint density at radius 3 is 1.38 bits per heavy atom. The standard InChI is InChI=1S/C42H57N7O4/c1-41(2,3)35(43)39(52)48-24-10-14-33(48)37(50)45-30-20-16-28(17-21-30)26-47(32-12-8-7-9-13-32)27-29-18-22-31(23-19-29)46-38(51)34-15-11-25-49(34)40(53)36(44)42(4,5)6/h7-9,12-13,16-23,33-36H,10-11,14-15,24-27,43-44H2,1-6H3,(H,45,50)(H,46,51)/t33-,34-,35+,36+/m0/s1. The molecule has 0 bridgehead atoms. The van der Waals surface area contributed by atoms with Gasteiger partial charge in [-0.05, 0) is 84.0 Å². The van der Waals surface area contributed by atoms with Gasteiger partial charge in [0.2, 0.25) is 23.6 Å². The fourth-order valence-electron chi connectivity index (χ4n) is 6.86. The number of para-hydroxylation sites is 1. The van der Waals surface area contributed by atoms with Crippen LogP contribution in [0, 0.1) is 10.8 Å². The monoisotopic (exact) mass is 723 g/mol. The second kappa shape index (κ2) is 16.5. The highest BCUT2D eigenvalue weighted by atomic mass is 16.2. The molecule has 5 rings (SSSR count). The van der Waals surface area contributed by atoms with Gasteiger partial charge in [-0.25, -0.2) is 0 Å². The van der Waals surface area contributed by atoms with E-state index in [0.717, 1.165) is 29.7 Å². The van der Waals surface area contributed by atoms with Crippen LogP contribution in [0.1, 0.15) is 78.4 Å². The van der Waals surface area contributed by atoms with Gasteiger partial charge in [0.1, 0.15) is 12.1 Å². The van der Waals surface area contributed by atoms with Crippen LogP contribution < -0.4 is 27.0 Å². The van der Waals surface area contributed by atoms with Gasteiger partial charge in [-0.3, -0.25) is 19.2 Å². The quantitative estimate of drug-likeness (QED) is 0.204. The van der Waals surface area contributed by atoms with Crippen molar-refractivity contribution in [2.45, 2.75) is 104 Å². The van der Waals surface area contributed by atoms with Gasteiger partial charge in [-0.2, -0.15) is 0 Å². The van der Waals surface area contributed by atoms with Crippen LogP contribution in [0.3, 0.4) is 0 Å². The van der Waals surface area contributed by atoms with Crippen LogP contribution in [0.4, 0.5) is 17.1 Å². The summed E-state index contributed by atoms with van der Waals surface area (Å²) in [7, 11) is 0. The second-order valence-corrected chi connectivity index (χ2v) is 16.6. The lowest BCUT2D eigenvalue weighted by Crippen LogP contribution is -2.54. The maximum absolute atomic E-state index is 13.3. The minimum atomic E-state index is -0.675. The number of rotatable bonds is 11. The zero-order valence-corrected chi connectivity index (χ0v) is 32.1. The first-order valence-corrected chi connectivity index (χ1v) is 18.7. The predicted octanol–water partition coefficient (Wildman–Crippen LogP) is 5.50. The lowest BCUT2D eigenvalue weighted by atomic mass is 9.86. The van der Waals surface area contributed by atoms with E-state index >= 15 is 0 Å². The molecule has 6 N–H and O–H groups in total. The van der Waals surface area contributed by atoms with E-state index < -0.39 is 35.0 Å². The first kappa shape index (κ1) is 39.5. The largest absolute Gasteiger partial charge is 0.363 e. The molecule has 0 unspecified atom stereocenters. The lowest BCUT2D eigenvalue weighted by molar-refractivity contribution is -0.139. The summed E-state index contributed by atoms with van der Waals surface area (Å²) in [6.45, 7) is 13.9. The molecule has 2 aliphatic heterocycles. The second-order valence-electron chi connectivity index (χ2n) is 16.6. The van der Waals surface area contributed by atoms with Crippen molar-refractivity contribution < 1.29 is 19.2 Å². The van der Waals surface area contributed by atoms with Crippen molar-refractivity contribution in [3.05, 3.63) is 90.0 Å². The van der Waals surface area contributed by atoms with E-state index in [-0.39, 0.29) is 23.6 Å². The van der Waals surface area contributed by atoms with Crippen molar-refractivity contribution in [3.63, 3.8) is 0 Å². The van der Waals surface area contributed by atoms with Gasteiger partial charge in [0.05, 0.1) is 12.1 Å². The Morgan fingerprint density at radius 1 is 0.642 bits per heavy atom. The molecule has 3 aromatic carbocycles. The topological polar surface area (TPSA) is 154 Å². The van der Waals surface area contributed by atoms with Gasteiger partial charge in [0.15, 0.2) is 0 Å². The SMILES string of the molecule is CC(C)(C)[C@H](N)C(=O)N1CCC[C@H]1C(=O)Nc1ccc(CN(Cc2ccc(NC(=O)[C@@H]3CCCN3C(=O)[C@@H](N)C(C)(C)C)cc2)c2ccccc2)cc1. The first-order chi connectivity index (χ1) is 25.0. The fraction of sp³-hybridized carbons (Fsp3) is 0.476. The van der Waals surface area contributed by atoms with E-state index in [1.165, 1.54) is 0 Å². The molecule has 11 heteroatoms. The number of hydrogen-bond donors (Lipinski definition) is 4. The summed E-state index contributed by atoms with van der Waals surface area (Å²) in [5.41, 5.74) is 16.2. The van der Waals surface area contributed by atoms with E-state index in [1.54, 1.807) is 9.80 Å². The van der Waals surface area contributed by atoms with Crippen molar-refractivity contribution >= 4 is 40.7 Å². The lowest BCUT2D eigenvalue weighted by Gasteiger charge is -2.32. The molecule has 2 aliphatic rings. The van der Waals surface area contributed by atoms with Crippen LogP contribution in [0.25, 0.3) is 0 Å². The van der Waals surface area contributed by atoms with Crippen LogP contribution in [0.15, 0.2) is 78.9 Å². The molecule has 2 fully saturated rings. The number of anilines is 3. The highest BCUT2D eigenvalue weighted by Crippen LogP contribution is 2.28. The number of likely N-dealkylation sites (tertiary alicyclic amines) is 2. The third-order valence-corrected chi connectivity index (χ3v) is 10.4. The fourth-order valence-corrected chi connectivity index (χ4v) is 6.86. The summed E-state index contributed by atoms with van der Waals surface area (Å²) in [6.07, 6.45) is 2.75. The summed E-state index contributed by atoms with van der Waals surface area (Å²) in [5, 5.41) is 6.02. The van der Waals surface area contributed by atoms with Crippen molar-refractivity contribution in [2.24, 2.45) is 22.3 Å². The number of nitrogens with zero attached hydrogens (tertiary/aromatic N) is 3. The Kier molecular flexibility index (Phi) is 12.3. The molecule has 53 heavy (non-hydrogen) atoms. The zero-order valence-electron chi connectivity index (χ0n) is 32.1. The van der Waals surface area contributed by atoms with Gasteiger partial charge in [0.25, 0.3) is 0 Å². The number of amides is 4. The molecule has 2 saturated heterocycles. The summed E-state index contributed by atoms with van der Waals surface area (Å²) in [4.78, 5) is 58.4. The summed E-state index contributed by atoms with van der Waals surface area (Å²) >= 11 is 0. The number of benzene rings is 3. The van der Waals surface area contributed by atoms with Crippen LogP contribution in [0.2, 0.25) is 0 Å². The normalized spacial score (nSPS) is 18.7. The number of nitrogens with one attached hydrogen (secondary N) is 2. The Balaban J connectivity index is 1.21. The smallest absolute Gasteiger partial charge is 0.247 e. The van der Waals surface area contributed by atoms with Crippen molar-refractivity contribution in [3.8, 4) is 0 Å². The van der Waals surface area contributed by atoms with Gasteiger partial charge < -0.3 is 36.8 Å². The van der Waals surface area contributed by atoms with Gasteiger partial charge in [0, 0.05) is 43.2 Å². The Hall–Kier alpha value is -4.74. The highest BCUT2D eigenvalue weighted by molar-refractivity contribution is 5.99. The molecule has 0 radical (unpaired) electrons. The van der Waals surface area contributed by atoms with E-state index in [4.69, 9.17) is 11.5 Å². The third-order valence-electron chi connectivity index (χ3n) is 10.4. The van der Waals surface area contributed by atoms with Gasteiger partial charge >= 0.3 is 0 Å². The first-order valence-electron chi connectivity index (χ1n) is 18.7. The average molecular weight is 724 g/mol. The zero-order chi connectivity index (χ0) is 38.5. The molecular weight excluding hydrogens is 667 g/mol. The van der Waals surface area contributed by atoms with Crippen molar-refractivity contribution in [1.82, 2.24) is 9.80 Å². The minimum Gasteiger partial charge on any atom is -0.363 e. The van der Waals surface area contributed by atoms with Crippen molar-refractivity contribution in [1.29, 1.82) is 0 Å². The third kappa shape index (κ3) is 9.83. The highest BCUT2D eigenvalue weighted by Gasteiger charge is 2.40. The molecule has 0 saturated carbocycles. The summed E-state index contributed by atoms with van der Waals surface area (Å²) in [5.74, 6) is -0.767. The minimum absolute atomic E-state index is 0.184. The molecule has 0 aliphatic carbocycles. The van der Waals surface area contributed by atoms with E-state index in [1.807, 2.05) is 108 Å². The van der Waals surface area contributed by atoms with Crippen LogP contribution in [0.5, 0.6) is 0 Å².